The highest BCUT2D eigenvalue weighted by molar-refractivity contribution is 9.10. The van der Waals surface area contributed by atoms with E-state index in [2.05, 4.69) is 26.0 Å². The molecule has 2 rings (SSSR count). The molecule has 0 aliphatic heterocycles. The van der Waals surface area contributed by atoms with E-state index in [-0.39, 0.29) is 17.7 Å². The van der Waals surface area contributed by atoms with Crippen LogP contribution in [0.1, 0.15) is 36.8 Å². The zero-order valence-electron chi connectivity index (χ0n) is 12.8. The van der Waals surface area contributed by atoms with Gasteiger partial charge in [0, 0.05) is 22.6 Å². The number of nitrogens with one attached hydrogen (secondary N) is 1. The molecule has 0 bridgehead atoms. The van der Waals surface area contributed by atoms with Gasteiger partial charge in [0.1, 0.15) is 5.75 Å². The maximum atomic E-state index is 12.6. The van der Waals surface area contributed by atoms with E-state index in [1.54, 1.807) is 19.1 Å². The third-order valence-corrected chi connectivity index (χ3v) is 4.64. The van der Waals surface area contributed by atoms with Crippen LogP contribution in [0, 0.1) is 12.8 Å². The quantitative estimate of drug-likeness (QED) is 0.766. The Kier molecular flexibility index (Phi) is 6.35. The number of aryl methyl sites for hydroxylation is 1. The van der Waals surface area contributed by atoms with Crippen molar-refractivity contribution in [2.45, 2.75) is 51.8 Å². The van der Waals surface area contributed by atoms with Crippen molar-refractivity contribution < 1.29 is 23.4 Å². The molecular formula is C16H20BrF2NO3. The van der Waals surface area contributed by atoms with Crippen LogP contribution >= 0.6 is 15.9 Å². The third kappa shape index (κ3) is 5.14. The summed E-state index contributed by atoms with van der Waals surface area (Å²) in [7, 11) is 0. The molecular weight excluding hydrogens is 372 g/mol. The van der Waals surface area contributed by atoms with Crippen LogP contribution in [0.25, 0.3) is 0 Å². The Balaban J connectivity index is 1.99. The molecule has 1 aromatic rings. The summed E-state index contributed by atoms with van der Waals surface area (Å²) in [6.07, 6.45) is 2.83. The van der Waals surface area contributed by atoms with Crippen molar-refractivity contribution >= 4 is 21.9 Å². The van der Waals surface area contributed by atoms with E-state index in [1.165, 1.54) is 0 Å². The highest BCUT2D eigenvalue weighted by atomic mass is 79.9. The number of aliphatic carboxylic acids is 1. The van der Waals surface area contributed by atoms with Gasteiger partial charge in [0.15, 0.2) is 0 Å². The lowest BCUT2D eigenvalue weighted by atomic mass is 9.86. The molecule has 4 nitrogen and oxygen atoms in total. The van der Waals surface area contributed by atoms with Crippen molar-refractivity contribution in [2.75, 3.05) is 0 Å². The first-order chi connectivity index (χ1) is 10.9. The first kappa shape index (κ1) is 18.1. The number of hydrogen-bond acceptors (Lipinski definition) is 3. The lowest BCUT2D eigenvalue weighted by Gasteiger charge is -2.27. The van der Waals surface area contributed by atoms with Gasteiger partial charge in [-0.25, -0.2) is 0 Å². The molecule has 0 spiro atoms. The Bertz CT molecular complexity index is 561. The number of carbonyl (C=O) groups is 1. The fourth-order valence-corrected chi connectivity index (χ4v) is 3.61. The molecule has 0 atom stereocenters. The summed E-state index contributed by atoms with van der Waals surface area (Å²) < 4.78 is 30.6. The zero-order chi connectivity index (χ0) is 17.0. The largest absolute Gasteiger partial charge is 0.481 e. The van der Waals surface area contributed by atoms with Gasteiger partial charge in [0.2, 0.25) is 0 Å². The maximum Gasteiger partial charge on any atom is 0.387 e. The second-order valence-electron chi connectivity index (χ2n) is 5.86. The van der Waals surface area contributed by atoms with Gasteiger partial charge in [-0.05, 0) is 50.3 Å². The Morgan fingerprint density at radius 2 is 2.04 bits per heavy atom. The minimum Gasteiger partial charge on any atom is -0.481 e. The highest BCUT2D eigenvalue weighted by Crippen LogP contribution is 2.30. The van der Waals surface area contributed by atoms with Gasteiger partial charge in [-0.2, -0.15) is 8.78 Å². The average Bonchev–Trinajstić information content (AvgIpc) is 2.48. The van der Waals surface area contributed by atoms with Crippen LogP contribution in [0.5, 0.6) is 5.75 Å². The van der Waals surface area contributed by atoms with Crippen LogP contribution in [0.4, 0.5) is 8.78 Å². The van der Waals surface area contributed by atoms with Crippen LogP contribution < -0.4 is 10.1 Å². The normalized spacial score (nSPS) is 21.4. The average molecular weight is 392 g/mol. The van der Waals surface area contributed by atoms with Crippen molar-refractivity contribution in [3.05, 3.63) is 27.7 Å². The molecule has 0 amide bonds. The fraction of sp³-hybridized carbons (Fsp3) is 0.562. The van der Waals surface area contributed by atoms with E-state index in [4.69, 9.17) is 5.11 Å². The fourth-order valence-electron chi connectivity index (χ4n) is 2.99. The van der Waals surface area contributed by atoms with E-state index < -0.39 is 12.6 Å². The molecule has 0 unspecified atom stereocenters. The predicted molar refractivity (Wildman–Crippen MR) is 85.7 cm³/mol. The second kappa shape index (κ2) is 8.06. The first-order valence-corrected chi connectivity index (χ1v) is 8.36. The summed E-state index contributed by atoms with van der Waals surface area (Å²) in [5.74, 6) is -0.799. The monoisotopic (exact) mass is 391 g/mol. The van der Waals surface area contributed by atoms with E-state index in [9.17, 15) is 13.6 Å². The highest BCUT2D eigenvalue weighted by Gasteiger charge is 2.25. The minimum absolute atomic E-state index is 0.198. The second-order valence-corrected chi connectivity index (χ2v) is 6.77. The Morgan fingerprint density at radius 1 is 1.39 bits per heavy atom. The number of hydrogen-bond donors (Lipinski definition) is 2. The third-order valence-electron chi connectivity index (χ3n) is 4.18. The van der Waals surface area contributed by atoms with Crippen molar-refractivity contribution in [1.29, 1.82) is 0 Å². The smallest absolute Gasteiger partial charge is 0.387 e. The summed E-state index contributed by atoms with van der Waals surface area (Å²) in [6, 6.07) is 3.70. The number of ether oxygens (including phenoxy) is 1. The standard InChI is InChI=1S/C16H20BrF2NO3/c1-9-6-12(17)7-11(14(9)23-16(18)19)8-20-13-4-2-10(3-5-13)15(21)22/h6-7,10,13,16,20H,2-5,8H2,1H3,(H,21,22). The molecule has 1 aromatic carbocycles. The molecule has 0 saturated heterocycles. The molecule has 23 heavy (non-hydrogen) atoms. The molecule has 0 aromatic heterocycles. The van der Waals surface area contributed by atoms with Gasteiger partial charge in [0.25, 0.3) is 0 Å². The Morgan fingerprint density at radius 3 is 2.61 bits per heavy atom. The summed E-state index contributed by atoms with van der Waals surface area (Å²) in [4.78, 5) is 10.9. The maximum absolute atomic E-state index is 12.6. The predicted octanol–water partition coefficient (Wildman–Crippen LogP) is 4.09. The molecule has 1 fully saturated rings. The van der Waals surface area contributed by atoms with Gasteiger partial charge in [-0.3, -0.25) is 4.79 Å². The number of carboxylic acids is 1. The minimum atomic E-state index is -2.86. The molecule has 1 saturated carbocycles. The number of rotatable bonds is 6. The number of carboxylic acid groups (broad SMARTS) is 1. The molecule has 2 N–H and O–H groups in total. The number of benzene rings is 1. The van der Waals surface area contributed by atoms with Crippen LogP contribution in [-0.2, 0) is 11.3 Å². The Hall–Kier alpha value is -1.21. The van der Waals surface area contributed by atoms with Crippen LogP contribution in [0.15, 0.2) is 16.6 Å². The topological polar surface area (TPSA) is 58.6 Å². The lowest BCUT2D eigenvalue weighted by Crippen LogP contribution is -2.34. The molecule has 0 radical (unpaired) electrons. The molecule has 128 valence electrons. The van der Waals surface area contributed by atoms with E-state index >= 15 is 0 Å². The van der Waals surface area contributed by atoms with Crippen molar-refractivity contribution in [2.24, 2.45) is 5.92 Å². The summed E-state index contributed by atoms with van der Waals surface area (Å²) in [5.41, 5.74) is 1.31. The van der Waals surface area contributed by atoms with Gasteiger partial charge in [-0.15, -0.1) is 0 Å². The van der Waals surface area contributed by atoms with Gasteiger partial charge >= 0.3 is 12.6 Å². The summed E-state index contributed by atoms with van der Waals surface area (Å²) in [5, 5.41) is 12.3. The van der Waals surface area contributed by atoms with E-state index in [1.807, 2.05) is 0 Å². The molecule has 1 aliphatic carbocycles. The lowest BCUT2D eigenvalue weighted by molar-refractivity contribution is -0.142. The van der Waals surface area contributed by atoms with Crippen LogP contribution in [-0.4, -0.2) is 23.7 Å². The molecule has 0 heterocycles. The zero-order valence-corrected chi connectivity index (χ0v) is 14.4. The van der Waals surface area contributed by atoms with Gasteiger partial charge < -0.3 is 15.2 Å². The molecule has 1 aliphatic rings. The number of halogens is 3. The summed E-state index contributed by atoms with van der Waals surface area (Å²) in [6.45, 7) is -0.728. The molecule has 7 heteroatoms. The van der Waals surface area contributed by atoms with Crippen LogP contribution in [0.3, 0.4) is 0 Å². The number of alkyl halides is 2. The Labute approximate surface area is 142 Å². The van der Waals surface area contributed by atoms with Gasteiger partial charge in [-0.1, -0.05) is 15.9 Å². The SMILES string of the molecule is Cc1cc(Br)cc(CNC2CCC(C(=O)O)CC2)c1OC(F)F. The van der Waals surface area contributed by atoms with E-state index in [0.717, 1.165) is 17.3 Å². The van der Waals surface area contributed by atoms with Crippen LogP contribution in [0.2, 0.25) is 0 Å². The van der Waals surface area contributed by atoms with Crippen molar-refractivity contribution in [1.82, 2.24) is 5.32 Å². The van der Waals surface area contributed by atoms with E-state index in [0.29, 0.717) is 30.5 Å². The first-order valence-electron chi connectivity index (χ1n) is 7.57. The van der Waals surface area contributed by atoms with Crippen molar-refractivity contribution in [3.8, 4) is 5.75 Å². The van der Waals surface area contributed by atoms with Crippen molar-refractivity contribution in [3.63, 3.8) is 0 Å². The summed E-state index contributed by atoms with van der Waals surface area (Å²) >= 11 is 3.37. The van der Waals surface area contributed by atoms with Gasteiger partial charge in [0.05, 0.1) is 5.92 Å².